The number of hydrogen-bond acceptors (Lipinski definition) is 3. The Bertz CT molecular complexity index is 1480. The molecule has 0 fully saturated rings. The number of carbonyl (C=O) groups is 1. The summed E-state index contributed by atoms with van der Waals surface area (Å²) in [5.74, 6) is -0.322. The third-order valence-electron chi connectivity index (χ3n) is 5.82. The number of nitrogens with zero attached hydrogens (tertiary/aromatic N) is 2. The van der Waals surface area contributed by atoms with E-state index in [1.165, 1.54) is 11.0 Å². The molecule has 0 N–H and O–H groups in total. The van der Waals surface area contributed by atoms with E-state index in [1.807, 2.05) is 72.8 Å². The van der Waals surface area contributed by atoms with E-state index in [1.54, 1.807) is 18.2 Å². The zero-order valence-electron chi connectivity index (χ0n) is 19.1. The lowest BCUT2D eigenvalue weighted by Gasteiger charge is -2.20. The van der Waals surface area contributed by atoms with Gasteiger partial charge in [-0.05, 0) is 47.4 Å². The maximum Gasteiger partial charge on any atom is 0.418 e. The van der Waals surface area contributed by atoms with Gasteiger partial charge in [-0.25, -0.2) is 4.98 Å². The van der Waals surface area contributed by atoms with Gasteiger partial charge in [0.2, 0.25) is 0 Å². The maximum absolute atomic E-state index is 13.6. The molecule has 1 amide bonds. The molecule has 0 aliphatic heterocycles. The third-order valence-corrected chi connectivity index (χ3v) is 6.87. The Kier molecular flexibility index (Phi) is 6.57. The van der Waals surface area contributed by atoms with Crippen molar-refractivity contribution in [2.24, 2.45) is 0 Å². The average molecular weight is 503 g/mol. The number of anilines is 1. The lowest BCUT2D eigenvalue weighted by Crippen LogP contribution is -2.30. The maximum atomic E-state index is 13.6. The van der Waals surface area contributed by atoms with E-state index in [-0.39, 0.29) is 23.1 Å². The summed E-state index contributed by atoms with van der Waals surface area (Å²) < 4.78 is 41.1. The van der Waals surface area contributed by atoms with Gasteiger partial charge in [-0.3, -0.25) is 9.69 Å². The number of benzene rings is 4. The number of halogens is 3. The van der Waals surface area contributed by atoms with Gasteiger partial charge in [-0.2, -0.15) is 13.2 Å². The molecule has 0 unspecified atom stereocenters. The van der Waals surface area contributed by atoms with E-state index in [0.717, 1.165) is 40.5 Å². The highest BCUT2D eigenvalue weighted by Gasteiger charge is 2.34. The molecule has 5 aromatic rings. The van der Waals surface area contributed by atoms with Crippen LogP contribution in [0.15, 0.2) is 103 Å². The molecule has 0 bridgehead atoms. The van der Waals surface area contributed by atoms with Crippen molar-refractivity contribution in [2.45, 2.75) is 19.1 Å². The van der Waals surface area contributed by atoms with Gasteiger partial charge in [0.1, 0.15) is 0 Å². The van der Waals surface area contributed by atoms with Crippen molar-refractivity contribution in [1.29, 1.82) is 0 Å². The molecule has 0 radical (unpaired) electrons. The highest BCUT2D eigenvalue weighted by molar-refractivity contribution is 7.22. The van der Waals surface area contributed by atoms with E-state index >= 15 is 0 Å². The lowest BCUT2D eigenvalue weighted by atomic mass is 10.0. The van der Waals surface area contributed by atoms with Gasteiger partial charge in [0.05, 0.1) is 22.3 Å². The molecular weight excluding hydrogens is 481 g/mol. The van der Waals surface area contributed by atoms with Crippen LogP contribution in [-0.2, 0) is 19.1 Å². The molecular formula is C29H21F3N2OS. The molecule has 5 rings (SSSR count). The first-order valence-electron chi connectivity index (χ1n) is 11.3. The molecule has 7 heteroatoms. The lowest BCUT2D eigenvalue weighted by molar-refractivity contribution is -0.136. The minimum atomic E-state index is -4.53. The first-order chi connectivity index (χ1) is 17.4. The van der Waals surface area contributed by atoms with Gasteiger partial charge in [0, 0.05) is 5.56 Å². The monoisotopic (exact) mass is 502 g/mol. The number of para-hydroxylation sites is 1. The van der Waals surface area contributed by atoms with Crippen molar-refractivity contribution in [2.75, 3.05) is 4.90 Å². The predicted octanol–water partition coefficient (Wildman–Crippen LogP) is 7.75. The van der Waals surface area contributed by atoms with Gasteiger partial charge >= 0.3 is 6.18 Å². The van der Waals surface area contributed by atoms with E-state index in [9.17, 15) is 18.0 Å². The summed E-state index contributed by atoms with van der Waals surface area (Å²) in [4.78, 5) is 19.4. The Labute approximate surface area is 210 Å². The van der Waals surface area contributed by atoms with Crippen LogP contribution >= 0.6 is 11.3 Å². The summed E-state index contributed by atoms with van der Waals surface area (Å²) in [7, 11) is 0. The summed E-state index contributed by atoms with van der Waals surface area (Å²) in [6, 6.07) is 30.6. The second-order valence-corrected chi connectivity index (χ2v) is 9.39. The van der Waals surface area contributed by atoms with Crippen LogP contribution in [0.2, 0.25) is 0 Å². The topological polar surface area (TPSA) is 33.2 Å². The smallest absolute Gasteiger partial charge is 0.279 e. The van der Waals surface area contributed by atoms with Gasteiger partial charge in [0.25, 0.3) is 5.91 Å². The van der Waals surface area contributed by atoms with Crippen LogP contribution in [0, 0.1) is 0 Å². The number of hydrogen-bond donors (Lipinski definition) is 0. The van der Waals surface area contributed by atoms with Crippen LogP contribution in [0.5, 0.6) is 0 Å². The highest BCUT2D eigenvalue weighted by atomic mass is 32.1. The molecule has 0 saturated carbocycles. The van der Waals surface area contributed by atoms with E-state index < -0.39 is 11.7 Å². The van der Waals surface area contributed by atoms with E-state index in [0.29, 0.717) is 10.3 Å². The van der Waals surface area contributed by atoms with E-state index in [2.05, 4.69) is 4.98 Å². The number of alkyl halides is 3. The van der Waals surface area contributed by atoms with Crippen molar-refractivity contribution < 1.29 is 18.0 Å². The van der Waals surface area contributed by atoms with Crippen LogP contribution in [0.25, 0.3) is 10.2 Å². The molecule has 0 aliphatic carbocycles. The zero-order chi connectivity index (χ0) is 25.1. The quantitative estimate of drug-likeness (QED) is 0.238. The second kappa shape index (κ2) is 9.95. The predicted molar refractivity (Wildman–Crippen MR) is 137 cm³/mol. The highest BCUT2D eigenvalue weighted by Crippen LogP contribution is 2.39. The van der Waals surface area contributed by atoms with Crippen LogP contribution < -0.4 is 4.90 Å². The Hall–Kier alpha value is -3.97. The zero-order valence-corrected chi connectivity index (χ0v) is 19.9. The van der Waals surface area contributed by atoms with Gasteiger partial charge in [-0.1, -0.05) is 90.2 Å². The molecule has 4 aromatic carbocycles. The van der Waals surface area contributed by atoms with Crippen LogP contribution in [0.3, 0.4) is 0 Å². The molecule has 0 spiro atoms. The third kappa shape index (κ3) is 5.16. The number of aromatic nitrogens is 1. The number of amides is 1. The fourth-order valence-electron chi connectivity index (χ4n) is 4.03. The summed E-state index contributed by atoms with van der Waals surface area (Å²) >= 11 is 1.08. The number of rotatable bonds is 6. The number of fused-ring (bicyclic) bond motifs is 1. The summed E-state index contributed by atoms with van der Waals surface area (Å²) in [5, 5.41) is 0.226. The van der Waals surface area contributed by atoms with Crippen molar-refractivity contribution in [3.8, 4) is 0 Å². The van der Waals surface area contributed by atoms with Crippen LogP contribution in [0.4, 0.5) is 18.3 Å². The van der Waals surface area contributed by atoms with Crippen molar-refractivity contribution in [1.82, 2.24) is 4.98 Å². The summed E-state index contributed by atoms with van der Waals surface area (Å²) in [6.45, 7) is 0.187. The Morgan fingerprint density at radius 1 is 0.750 bits per heavy atom. The molecule has 0 atom stereocenters. The Morgan fingerprint density at radius 3 is 2.00 bits per heavy atom. The molecule has 1 aromatic heterocycles. The molecule has 36 heavy (non-hydrogen) atoms. The van der Waals surface area contributed by atoms with Gasteiger partial charge < -0.3 is 0 Å². The SMILES string of the molecule is O=C(c1ccc(Cc2ccccc2)cc1)N(Cc1ccccc1)c1nc2c(C(F)(F)F)cccc2s1. The first-order valence-corrected chi connectivity index (χ1v) is 12.2. The van der Waals surface area contributed by atoms with Crippen LogP contribution in [0.1, 0.15) is 32.6 Å². The number of thiazole rings is 1. The van der Waals surface area contributed by atoms with Crippen molar-refractivity contribution in [3.05, 3.63) is 131 Å². The second-order valence-electron chi connectivity index (χ2n) is 8.38. The standard InChI is InChI=1S/C29H21F3N2OS/c30-29(31,32)24-12-7-13-25-26(24)33-28(36-25)34(19-22-10-5-2-6-11-22)27(35)23-16-14-21(15-17-23)18-20-8-3-1-4-9-20/h1-17H,18-19H2. The van der Waals surface area contributed by atoms with Crippen molar-refractivity contribution in [3.63, 3.8) is 0 Å². The minimum absolute atomic E-state index is 0.144. The summed E-state index contributed by atoms with van der Waals surface area (Å²) in [6.07, 6.45) is -3.80. The molecule has 180 valence electrons. The summed E-state index contributed by atoms with van der Waals surface area (Å²) in [5.41, 5.74) is 2.56. The molecule has 3 nitrogen and oxygen atoms in total. The van der Waals surface area contributed by atoms with Crippen molar-refractivity contribution >= 4 is 32.6 Å². The van der Waals surface area contributed by atoms with Crippen LogP contribution in [-0.4, -0.2) is 10.9 Å². The normalized spacial score (nSPS) is 11.5. The molecule has 0 saturated heterocycles. The number of carbonyl (C=O) groups excluding carboxylic acids is 1. The first kappa shape index (κ1) is 23.8. The Balaban J connectivity index is 1.49. The molecule has 1 heterocycles. The largest absolute Gasteiger partial charge is 0.418 e. The fraction of sp³-hybridized carbons (Fsp3) is 0.103. The molecule has 0 aliphatic rings. The van der Waals surface area contributed by atoms with Gasteiger partial charge in [-0.15, -0.1) is 0 Å². The fourth-order valence-corrected chi connectivity index (χ4v) is 5.02. The average Bonchev–Trinajstić information content (AvgIpc) is 3.32. The Morgan fingerprint density at radius 2 is 1.36 bits per heavy atom. The minimum Gasteiger partial charge on any atom is -0.279 e. The van der Waals surface area contributed by atoms with Gasteiger partial charge in [0.15, 0.2) is 5.13 Å². The van der Waals surface area contributed by atoms with E-state index in [4.69, 9.17) is 0 Å².